The van der Waals surface area contributed by atoms with Crippen LogP contribution in [-0.2, 0) is 9.59 Å². The lowest BCUT2D eigenvalue weighted by atomic mass is 9.64. The number of carboxylic acids is 1. The van der Waals surface area contributed by atoms with E-state index in [1.54, 1.807) is 0 Å². The van der Waals surface area contributed by atoms with Gasteiger partial charge < -0.3 is 5.11 Å². The van der Waals surface area contributed by atoms with Crippen molar-refractivity contribution < 1.29 is 14.7 Å². The standard InChI is InChI=1S/C12H22O3/c1-6-12(8(2)3,9(4)5)10(13)7-11(14)15/h8-9H,6-7H2,1-5H3,(H,14,15). The van der Waals surface area contributed by atoms with Gasteiger partial charge in [0, 0.05) is 5.41 Å². The molecule has 0 saturated carbocycles. The average Bonchev–Trinajstić information content (AvgIpc) is 2.02. The predicted molar refractivity (Wildman–Crippen MR) is 59.7 cm³/mol. The lowest BCUT2D eigenvalue weighted by molar-refractivity contribution is -0.145. The van der Waals surface area contributed by atoms with Gasteiger partial charge in [-0.3, -0.25) is 9.59 Å². The molecule has 0 aliphatic carbocycles. The molecule has 0 heterocycles. The maximum atomic E-state index is 12.0. The molecule has 0 rings (SSSR count). The molecule has 88 valence electrons. The van der Waals surface area contributed by atoms with E-state index in [0.717, 1.165) is 0 Å². The van der Waals surface area contributed by atoms with E-state index in [0.29, 0.717) is 6.42 Å². The molecule has 3 nitrogen and oxygen atoms in total. The Bertz CT molecular complexity index is 233. The summed E-state index contributed by atoms with van der Waals surface area (Å²) in [5.74, 6) is -0.815. The zero-order valence-corrected chi connectivity index (χ0v) is 10.3. The van der Waals surface area contributed by atoms with Crippen LogP contribution in [0.4, 0.5) is 0 Å². The minimum absolute atomic E-state index is 0.137. The van der Waals surface area contributed by atoms with E-state index in [1.165, 1.54) is 0 Å². The third-order valence-electron chi connectivity index (χ3n) is 3.48. The van der Waals surface area contributed by atoms with Crippen LogP contribution in [0.3, 0.4) is 0 Å². The van der Waals surface area contributed by atoms with Crippen LogP contribution in [0.1, 0.15) is 47.5 Å². The number of hydrogen-bond acceptors (Lipinski definition) is 2. The van der Waals surface area contributed by atoms with Gasteiger partial charge in [-0.2, -0.15) is 0 Å². The van der Waals surface area contributed by atoms with E-state index in [9.17, 15) is 9.59 Å². The SMILES string of the molecule is CCC(C(=O)CC(=O)O)(C(C)C)C(C)C. The number of ketones is 1. The van der Waals surface area contributed by atoms with Crippen LogP contribution in [0.25, 0.3) is 0 Å². The molecule has 0 aromatic carbocycles. The highest BCUT2D eigenvalue weighted by Gasteiger charge is 2.42. The lowest BCUT2D eigenvalue weighted by Crippen LogP contribution is -2.41. The molecule has 0 aromatic heterocycles. The van der Waals surface area contributed by atoms with Crippen molar-refractivity contribution in [2.75, 3.05) is 0 Å². The second-order valence-corrected chi connectivity index (χ2v) is 4.70. The van der Waals surface area contributed by atoms with Crippen LogP contribution >= 0.6 is 0 Å². The largest absolute Gasteiger partial charge is 0.481 e. The van der Waals surface area contributed by atoms with Crippen LogP contribution in [-0.4, -0.2) is 16.9 Å². The van der Waals surface area contributed by atoms with Gasteiger partial charge in [0.15, 0.2) is 5.78 Å². The molecule has 3 heteroatoms. The molecular weight excluding hydrogens is 192 g/mol. The second-order valence-electron chi connectivity index (χ2n) is 4.70. The first kappa shape index (κ1) is 14.1. The van der Waals surface area contributed by atoms with Gasteiger partial charge >= 0.3 is 5.97 Å². The zero-order valence-electron chi connectivity index (χ0n) is 10.3. The summed E-state index contributed by atoms with van der Waals surface area (Å²) in [6.45, 7) is 9.92. The minimum Gasteiger partial charge on any atom is -0.481 e. The summed E-state index contributed by atoms with van der Waals surface area (Å²) in [5, 5.41) is 8.69. The summed E-state index contributed by atoms with van der Waals surface area (Å²) in [5.41, 5.74) is -0.488. The van der Waals surface area contributed by atoms with Crippen LogP contribution in [0.5, 0.6) is 0 Å². The fourth-order valence-electron chi connectivity index (χ4n) is 2.63. The van der Waals surface area contributed by atoms with Crippen molar-refractivity contribution in [3.8, 4) is 0 Å². The number of carbonyl (C=O) groups excluding carboxylic acids is 1. The maximum Gasteiger partial charge on any atom is 0.310 e. The van der Waals surface area contributed by atoms with Gasteiger partial charge in [0.05, 0.1) is 0 Å². The van der Waals surface area contributed by atoms with E-state index in [2.05, 4.69) is 0 Å². The summed E-state index contributed by atoms with van der Waals surface area (Å²) in [6.07, 6.45) is 0.346. The number of hydrogen-bond donors (Lipinski definition) is 1. The molecule has 0 fully saturated rings. The van der Waals surface area contributed by atoms with Crippen molar-refractivity contribution in [2.45, 2.75) is 47.5 Å². The Balaban J connectivity index is 5.07. The van der Waals surface area contributed by atoms with Crippen molar-refractivity contribution >= 4 is 11.8 Å². The highest BCUT2D eigenvalue weighted by Crippen LogP contribution is 2.40. The Morgan fingerprint density at radius 1 is 1.13 bits per heavy atom. The maximum absolute atomic E-state index is 12.0. The molecule has 1 N–H and O–H groups in total. The molecule has 0 amide bonds. The fraction of sp³-hybridized carbons (Fsp3) is 0.833. The molecule has 0 radical (unpaired) electrons. The van der Waals surface area contributed by atoms with Crippen molar-refractivity contribution in [3.63, 3.8) is 0 Å². The molecule has 0 aromatic rings. The van der Waals surface area contributed by atoms with Crippen LogP contribution in [0, 0.1) is 17.3 Å². The summed E-state index contributed by atoms with van der Waals surface area (Å²) in [6, 6.07) is 0. The second kappa shape index (κ2) is 5.29. The third kappa shape index (κ3) is 2.80. The molecule has 15 heavy (non-hydrogen) atoms. The number of carbonyl (C=O) groups is 2. The number of carboxylic acid groups (broad SMARTS) is 1. The van der Waals surface area contributed by atoms with Gasteiger partial charge in [-0.1, -0.05) is 34.6 Å². The molecular formula is C12H22O3. The van der Waals surface area contributed by atoms with Gasteiger partial charge in [0.25, 0.3) is 0 Å². The minimum atomic E-state index is -1.03. The van der Waals surface area contributed by atoms with Gasteiger partial charge in [-0.25, -0.2) is 0 Å². The Labute approximate surface area is 91.9 Å². The number of Topliss-reactive ketones (excluding diaryl/α,β-unsaturated/α-hetero) is 1. The molecule has 0 spiro atoms. The van der Waals surface area contributed by atoms with Gasteiger partial charge in [-0.15, -0.1) is 0 Å². The Kier molecular flexibility index (Phi) is 4.98. The predicted octanol–water partition coefficient (Wildman–Crippen LogP) is 2.74. The van der Waals surface area contributed by atoms with Crippen molar-refractivity contribution in [2.24, 2.45) is 17.3 Å². The fourth-order valence-corrected chi connectivity index (χ4v) is 2.63. The first-order valence-corrected chi connectivity index (χ1v) is 5.54. The topological polar surface area (TPSA) is 54.4 Å². The van der Waals surface area contributed by atoms with E-state index in [-0.39, 0.29) is 24.0 Å². The van der Waals surface area contributed by atoms with E-state index < -0.39 is 11.4 Å². The summed E-state index contributed by atoms with van der Waals surface area (Å²) in [7, 11) is 0. The van der Waals surface area contributed by atoms with Crippen LogP contribution in [0.2, 0.25) is 0 Å². The van der Waals surface area contributed by atoms with Crippen LogP contribution < -0.4 is 0 Å². The molecule has 0 unspecified atom stereocenters. The Hall–Kier alpha value is -0.860. The first-order chi connectivity index (χ1) is 6.78. The monoisotopic (exact) mass is 214 g/mol. The Morgan fingerprint density at radius 3 is 1.73 bits per heavy atom. The normalized spacial score (nSPS) is 12.2. The van der Waals surface area contributed by atoms with Gasteiger partial charge in [-0.05, 0) is 18.3 Å². The average molecular weight is 214 g/mol. The van der Waals surface area contributed by atoms with Gasteiger partial charge in [0.1, 0.15) is 6.42 Å². The number of aliphatic carboxylic acids is 1. The molecule has 0 aliphatic rings. The van der Waals surface area contributed by atoms with Crippen molar-refractivity contribution in [3.05, 3.63) is 0 Å². The third-order valence-corrected chi connectivity index (χ3v) is 3.48. The number of rotatable bonds is 6. The summed E-state index contributed by atoms with van der Waals surface area (Å²) in [4.78, 5) is 22.6. The molecule has 0 atom stereocenters. The molecule has 0 aliphatic heterocycles. The Morgan fingerprint density at radius 2 is 1.53 bits per heavy atom. The smallest absolute Gasteiger partial charge is 0.310 e. The molecule has 0 bridgehead atoms. The highest BCUT2D eigenvalue weighted by molar-refractivity contribution is 5.98. The summed E-state index contributed by atoms with van der Waals surface area (Å²) < 4.78 is 0. The first-order valence-electron chi connectivity index (χ1n) is 5.54. The van der Waals surface area contributed by atoms with E-state index >= 15 is 0 Å². The summed E-state index contributed by atoms with van der Waals surface area (Å²) >= 11 is 0. The molecule has 0 saturated heterocycles. The van der Waals surface area contributed by atoms with Gasteiger partial charge in [0.2, 0.25) is 0 Å². The van der Waals surface area contributed by atoms with Crippen molar-refractivity contribution in [1.82, 2.24) is 0 Å². The quantitative estimate of drug-likeness (QED) is 0.692. The van der Waals surface area contributed by atoms with Crippen molar-refractivity contribution in [1.29, 1.82) is 0 Å². The van der Waals surface area contributed by atoms with E-state index in [4.69, 9.17) is 5.11 Å². The van der Waals surface area contributed by atoms with E-state index in [1.807, 2.05) is 34.6 Å². The lowest BCUT2D eigenvalue weighted by Gasteiger charge is -2.39. The zero-order chi connectivity index (χ0) is 12.2. The highest BCUT2D eigenvalue weighted by atomic mass is 16.4. The van der Waals surface area contributed by atoms with Crippen LogP contribution in [0.15, 0.2) is 0 Å².